The van der Waals surface area contributed by atoms with Crippen molar-refractivity contribution in [2.24, 2.45) is 0 Å². The lowest BCUT2D eigenvalue weighted by Crippen LogP contribution is -2.26. The second kappa shape index (κ2) is 5.03. The van der Waals surface area contributed by atoms with Crippen LogP contribution in [0.5, 0.6) is 0 Å². The van der Waals surface area contributed by atoms with Gasteiger partial charge in [0.1, 0.15) is 0 Å². The highest BCUT2D eigenvalue weighted by Crippen LogP contribution is 2.33. The number of nitrogens with one attached hydrogen (secondary N) is 1. The van der Waals surface area contributed by atoms with Gasteiger partial charge in [-0.1, -0.05) is 13.8 Å². The number of hydrogen-bond donors (Lipinski definition) is 1. The lowest BCUT2D eigenvalue weighted by molar-refractivity contribution is 0.514. The molecule has 2 unspecified atom stereocenters. The van der Waals surface area contributed by atoms with Crippen molar-refractivity contribution in [2.75, 3.05) is 5.75 Å². The molecule has 2 rings (SSSR count). The number of rotatable bonds is 4. The van der Waals surface area contributed by atoms with E-state index in [9.17, 15) is 0 Å². The lowest BCUT2D eigenvalue weighted by Gasteiger charge is -2.13. The third kappa shape index (κ3) is 2.37. The molecule has 1 aromatic heterocycles. The van der Waals surface area contributed by atoms with Crippen LogP contribution in [0.1, 0.15) is 37.8 Å². The van der Waals surface area contributed by atoms with Gasteiger partial charge in [-0.15, -0.1) is 11.8 Å². The highest BCUT2D eigenvalue weighted by molar-refractivity contribution is 7.99. The third-order valence-corrected chi connectivity index (χ3v) is 4.10. The van der Waals surface area contributed by atoms with Gasteiger partial charge in [-0.3, -0.25) is 10.00 Å². The molecule has 3 nitrogen and oxygen atoms in total. The van der Waals surface area contributed by atoms with Crippen molar-refractivity contribution in [3.05, 3.63) is 18.0 Å². The number of aryl methyl sites for hydroxylation is 1. The zero-order chi connectivity index (χ0) is 10.7. The van der Waals surface area contributed by atoms with Crippen LogP contribution in [-0.4, -0.2) is 21.6 Å². The number of thioether (sulfide) groups is 1. The summed E-state index contributed by atoms with van der Waals surface area (Å²) in [6, 6.07) is 2.81. The summed E-state index contributed by atoms with van der Waals surface area (Å²) in [6.45, 7) is 5.46. The zero-order valence-electron chi connectivity index (χ0n) is 9.44. The van der Waals surface area contributed by atoms with Gasteiger partial charge in [-0.25, -0.2) is 0 Å². The first-order valence-corrected chi connectivity index (χ1v) is 6.79. The molecule has 1 saturated heterocycles. The minimum Gasteiger partial charge on any atom is -0.297 e. The Hall–Kier alpha value is -0.480. The molecule has 2 heterocycles. The molecule has 1 aliphatic rings. The van der Waals surface area contributed by atoms with E-state index in [1.807, 2.05) is 18.0 Å². The molecule has 1 N–H and O–H groups in total. The highest BCUT2D eigenvalue weighted by atomic mass is 32.2. The minimum absolute atomic E-state index is 0.448. The lowest BCUT2D eigenvalue weighted by atomic mass is 10.2. The van der Waals surface area contributed by atoms with E-state index in [-0.39, 0.29) is 0 Å². The molecule has 0 amide bonds. The number of hydrogen-bond acceptors (Lipinski definition) is 3. The Morgan fingerprint density at radius 1 is 1.60 bits per heavy atom. The summed E-state index contributed by atoms with van der Waals surface area (Å²) in [5.41, 5.74) is 1.33. The average Bonchev–Trinajstić information content (AvgIpc) is 2.85. The molecule has 1 aliphatic heterocycles. The van der Waals surface area contributed by atoms with Crippen molar-refractivity contribution in [3.63, 3.8) is 0 Å². The van der Waals surface area contributed by atoms with Gasteiger partial charge < -0.3 is 0 Å². The first-order valence-electron chi connectivity index (χ1n) is 5.74. The summed E-state index contributed by atoms with van der Waals surface area (Å²) in [5.74, 6) is 1.22. The normalized spacial score (nSPS) is 26.0. The predicted molar refractivity (Wildman–Crippen MR) is 64.9 cm³/mol. The summed E-state index contributed by atoms with van der Waals surface area (Å²) in [7, 11) is 0. The molecule has 0 radical (unpaired) electrons. The summed E-state index contributed by atoms with van der Waals surface area (Å²) < 4.78 is 2.13. The Balaban J connectivity index is 2.06. The summed E-state index contributed by atoms with van der Waals surface area (Å²) >= 11 is 2.00. The summed E-state index contributed by atoms with van der Waals surface area (Å²) in [6.07, 6.45) is 4.27. The second-order valence-electron chi connectivity index (χ2n) is 3.96. The maximum absolute atomic E-state index is 4.36. The van der Waals surface area contributed by atoms with Crippen molar-refractivity contribution >= 4 is 11.8 Å². The van der Waals surface area contributed by atoms with Crippen molar-refractivity contribution in [1.29, 1.82) is 0 Å². The fraction of sp³-hybridized carbons (Fsp3) is 0.727. The van der Waals surface area contributed by atoms with E-state index in [0.29, 0.717) is 11.4 Å². The van der Waals surface area contributed by atoms with Gasteiger partial charge in [0.25, 0.3) is 0 Å². The molecule has 15 heavy (non-hydrogen) atoms. The van der Waals surface area contributed by atoms with Crippen LogP contribution >= 0.6 is 11.8 Å². The van der Waals surface area contributed by atoms with E-state index in [1.54, 1.807) is 0 Å². The van der Waals surface area contributed by atoms with Crippen LogP contribution in [0.4, 0.5) is 0 Å². The van der Waals surface area contributed by atoms with E-state index >= 15 is 0 Å². The summed E-state index contributed by atoms with van der Waals surface area (Å²) in [5, 5.41) is 8.46. The highest BCUT2D eigenvalue weighted by Gasteiger charge is 2.26. The van der Waals surface area contributed by atoms with Crippen molar-refractivity contribution in [2.45, 2.75) is 44.6 Å². The van der Waals surface area contributed by atoms with Gasteiger partial charge >= 0.3 is 0 Å². The third-order valence-electron chi connectivity index (χ3n) is 2.80. The molecule has 2 atom stereocenters. The Kier molecular flexibility index (Phi) is 3.70. The van der Waals surface area contributed by atoms with E-state index < -0.39 is 0 Å². The quantitative estimate of drug-likeness (QED) is 0.853. The molecule has 0 aromatic carbocycles. The fourth-order valence-corrected chi connectivity index (χ4v) is 3.31. The Labute approximate surface area is 95.6 Å². The van der Waals surface area contributed by atoms with Gasteiger partial charge in [0.2, 0.25) is 0 Å². The van der Waals surface area contributed by atoms with Crippen LogP contribution in [0.15, 0.2) is 12.3 Å². The molecule has 0 aliphatic carbocycles. The minimum atomic E-state index is 0.448. The first-order chi connectivity index (χ1) is 7.35. The van der Waals surface area contributed by atoms with Crippen molar-refractivity contribution in [3.8, 4) is 0 Å². The van der Waals surface area contributed by atoms with Crippen LogP contribution in [0.3, 0.4) is 0 Å². The Bertz CT molecular complexity index is 311. The molecule has 0 saturated carbocycles. The van der Waals surface area contributed by atoms with Gasteiger partial charge in [0.05, 0.1) is 11.1 Å². The van der Waals surface area contributed by atoms with E-state index in [4.69, 9.17) is 0 Å². The molecular formula is C11H19N3S. The smallest absolute Gasteiger partial charge is 0.0961 e. The van der Waals surface area contributed by atoms with Crippen LogP contribution in [0, 0.1) is 0 Å². The van der Waals surface area contributed by atoms with Gasteiger partial charge in [-0.05, 0) is 18.9 Å². The fourth-order valence-electron chi connectivity index (χ4n) is 1.89. The molecule has 0 bridgehead atoms. The SMILES string of the molecule is CCCn1nccc1C1NC(CC)CS1. The van der Waals surface area contributed by atoms with Gasteiger partial charge in [-0.2, -0.15) is 5.10 Å². The Morgan fingerprint density at radius 3 is 3.13 bits per heavy atom. The van der Waals surface area contributed by atoms with Crippen LogP contribution < -0.4 is 5.32 Å². The summed E-state index contributed by atoms with van der Waals surface area (Å²) in [4.78, 5) is 0. The monoisotopic (exact) mass is 225 g/mol. The molecular weight excluding hydrogens is 206 g/mol. The largest absolute Gasteiger partial charge is 0.297 e. The van der Waals surface area contributed by atoms with Crippen LogP contribution in [0.25, 0.3) is 0 Å². The predicted octanol–water partition coefficient (Wildman–Crippen LogP) is 2.41. The van der Waals surface area contributed by atoms with Crippen molar-refractivity contribution < 1.29 is 0 Å². The molecule has 84 valence electrons. The van der Waals surface area contributed by atoms with E-state index in [0.717, 1.165) is 13.0 Å². The van der Waals surface area contributed by atoms with Crippen LogP contribution in [0.2, 0.25) is 0 Å². The first kappa shape index (κ1) is 11.0. The Morgan fingerprint density at radius 2 is 2.47 bits per heavy atom. The van der Waals surface area contributed by atoms with Crippen molar-refractivity contribution in [1.82, 2.24) is 15.1 Å². The average molecular weight is 225 g/mol. The topological polar surface area (TPSA) is 29.9 Å². The van der Waals surface area contributed by atoms with E-state index in [1.165, 1.54) is 17.9 Å². The molecule has 0 spiro atoms. The van der Waals surface area contributed by atoms with Crippen LogP contribution in [-0.2, 0) is 6.54 Å². The molecule has 4 heteroatoms. The van der Waals surface area contributed by atoms with Gasteiger partial charge in [0, 0.05) is 24.5 Å². The van der Waals surface area contributed by atoms with Gasteiger partial charge in [0.15, 0.2) is 0 Å². The van der Waals surface area contributed by atoms with E-state index in [2.05, 4.69) is 35.0 Å². The second-order valence-corrected chi connectivity index (χ2v) is 5.10. The molecule has 1 fully saturated rings. The maximum Gasteiger partial charge on any atom is 0.0961 e. The number of aromatic nitrogens is 2. The standard InChI is InChI=1S/C11H19N3S/c1-3-7-14-10(5-6-12-14)11-13-9(4-2)8-15-11/h5-6,9,11,13H,3-4,7-8H2,1-2H3. The zero-order valence-corrected chi connectivity index (χ0v) is 10.3. The molecule has 1 aromatic rings. The number of nitrogens with zero attached hydrogens (tertiary/aromatic N) is 2. The maximum atomic E-state index is 4.36.